The molecule has 2 aromatic heterocycles. The van der Waals surface area contributed by atoms with Crippen molar-refractivity contribution in [3.05, 3.63) is 47.4 Å². The highest BCUT2D eigenvalue weighted by Gasteiger charge is 2.11. The number of carbonyl (C=O) groups is 1. The van der Waals surface area contributed by atoms with Crippen molar-refractivity contribution in [2.24, 2.45) is 0 Å². The van der Waals surface area contributed by atoms with Crippen LogP contribution in [-0.2, 0) is 0 Å². The minimum absolute atomic E-state index is 0.336. The number of H-pyrrole nitrogens is 1. The zero-order chi connectivity index (χ0) is 14.1. The van der Waals surface area contributed by atoms with Crippen molar-refractivity contribution >= 4 is 22.8 Å². The fourth-order valence-electron chi connectivity index (χ4n) is 1.83. The highest BCUT2D eigenvalue weighted by Crippen LogP contribution is 2.17. The van der Waals surface area contributed by atoms with E-state index in [1.807, 2.05) is 0 Å². The Bertz CT molecular complexity index is 798. The number of aromatic amines is 1. The van der Waals surface area contributed by atoms with Crippen LogP contribution in [0.25, 0.3) is 11.2 Å². The second-order valence-corrected chi connectivity index (χ2v) is 4.30. The molecule has 7 heteroatoms. The molecule has 20 heavy (non-hydrogen) atoms. The van der Waals surface area contributed by atoms with E-state index in [0.29, 0.717) is 28.0 Å². The Morgan fingerprint density at radius 2 is 2.15 bits per heavy atom. The molecule has 2 heterocycles. The van der Waals surface area contributed by atoms with Gasteiger partial charge in [0, 0.05) is 11.9 Å². The van der Waals surface area contributed by atoms with Gasteiger partial charge < -0.3 is 5.32 Å². The average Bonchev–Trinajstić information content (AvgIpc) is 2.89. The molecule has 6 nitrogen and oxygen atoms in total. The number of rotatable bonds is 2. The number of hydrogen-bond acceptors (Lipinski definition) is 4. The molecule has 0 bridgehead atoms. The molecule has 0 spiro atoms. The van der Waals surface area contributed by atoms with Gasteiger partial charge in [-0.1, -0.05) is 0 Å². The van der Waals surface area contributed by atoms with Gasteiger partial charge in [-0.2, -0.15) is 10.3 Å². The lowest BCUT2D eigenvalue weighted by Gasteiger charge is -2.08. The zero-order valence-electron chi connectivity index (χ0n) is 10.5. The molecule has 2 N–H and O–H groups in total. The summed E-state index contributed by atoms with van der Waals surface area (Å²) in [7, 11) is 0. The van der Waals surface area contributed by atoms with Gasteiger partial charge in [-0.25, -0.2) is 9.37 Å². The summed E-state index contributed by atoms with van der Waals surface area (Å²) >= 11 is 0. The Morgan fingerprint density at radius 3 is 2.95 bits per heavy atom. The van der Waals surface area contributed by atoms with Crippen molar-refractivity contribution < 1.29 is 9.18 Å². The van der Waals surface area contributed by atoms with E-state index in [0.717, 1.165) is 0 Å². The Morgan fingerprint density at radius 1 is 1.30 bits per heavy atom. The minimum Gasteiger partial charge on any atom is -0.322 e. The van der Waals surface area contributed by atoms with Gasteiger partial charge in [0.25, 0.3) is 5.91 Å². The van der Waals surface area contributed by atoms with Gasteiger partial charge in [0.05, 0.1) is 5.56 Å². The third kappa shape index (κ3) is 2.20. The van der Waals surface area contributed by atoms with Crippen LogP contribution in [0.5, 0.6) is 0 Å². The van der Waals surface area contributed by atoms with Crippen LogP contribution >= 0.6 is 0 Å². The van der Waals surface area contributed by atoms with Crippen LogP contribution < -0.4 is 5.32 Å². The molecule has 0 aliphatic heterocycles. The second-order valence-electron chi connectivity index (χ2n) is 4.30. The summed E-state index contributed by atoms with van der Waals surface area (Å²) < 4.78 is 13.0. The standard InChI is InChI=1S/C13H10FN5O/c1-7-4-9(14)2-3-10(7)16-13(20)8-5-11-12(15-6-8)18-19-17-11/h2-6H,1H3,(H,16,20)(H,15,17,18,19). The summed E-state index contributed by atoms with van der Waals surface area (Å²) in [6.45, 7) is 1.72. The number of amides is 1. The highest BCUT2D eigenvalue weighted by atomic mass is 19.1. The van der Waals surface area contributed by atoms with Crippen LogP contribution in [0.3, 0.4) is 0 Å². The summed E-state index contributed by atoms with van der Waals surface area (Å²) in [6, 6.07) is 5.75. The van der Waals surface area contributed by atoms with Gasteiger partial charge in [-0.3, -0.25) is 4.79 Å². The predicted molar refractivity (Wildman–Crippen MR) is 70.8 cm³/mol. The molecule has 3 aromatic rings. The zero-order valence-corrected chi connectivity index (χ0v) is 10.5. The third-order valence-corrected chi connectivity index (χ3v) is 2.87. The lowest BCUT2D eigenvalue weighted by Crippen LogP contribution is -2.13. The molecule has 1 amide bonds. The number of benzene rings is 1. The van der Waals surface area contributed by atoms with Gasteiger partial charge in [0.15, 0.2) is 0 Å². The molecule has 0 saturated carbocycles. The Labute approximate surface area is 113 Å². The topological polar surface area (TPSA) is 83.6 Å². The molecule has 0 fully saturated rings. The van der Waals surface area contributed by atoms with Crippen molar-refractivity contribution in [2.45, 2.75) is 6.92 Å². The van der Waals surface area contributed by atoms with Gasteiger partial charge >= 0.3 is 0 Å². The smallest absolute Gasteiger partial charge is 0.257 e. The van der Waals surface area contributed by atoms with E-state index in [4.69, 9.17) is 0 Å². The number of carbonyl (C=O) groups excluding carboxylic acids is 1. The maximum Gasteiger partial charge on any atom is 0.257 e. The molecular weight excluding hydrogens is 261 g/mol. The number of nitrogens with one attached hydrogen (secondary N) is 2. The molecule has 1 aromatic carbocycles. The molecule has 0 atom stereocenters. The van der Waals surface area contributed by atoms with Crippen molar-refractivity contribution in [1.82, 2.24) is 20.4 Å². The van der Waals surface area contributed by atoms with Crippen LogP contribution in [0.4, 0.5) is 10.1 Å². The molecule has 0 unspecified atom stereocenters. The predicted octanol–water partition coefficient (Wildman–Crippen LogP) is 2.05. The molecule has 0 saturated heterocycles. The van der Waals surface area contributed by atoms with Crippen molar-refractivity contribution in [3.63, 3.8) is 0 Å². The van der Waals surface area contributed by atoms with E-state index in [-0.39, 0.29) is 11.7 Å². The summed E-state index contributed by atoms with van der Waals surface area (Å²) in [6.07, 6.45) is 1.42. The number of anilines is 1. The van der Waals surface area contributed by atoms with E-state index in [9.17, 15) is 9.18 Å². The first kappa shape index (κ1) is 12.2. The maximum absolute atomic E-state index is 13.0. The number of halogens is 1. The average molecular weight is 271 g/mol. The van der Waals surface area contributed by atoms with Crippen LogP contribution in [-0.4, -0.2) is 26.3 Å². The molecule has 0 aliphatic carbocycles. The van der Waals surface area contributed by atoms with Gasteiger partial charge in [0.1, 0.15) is 11.3 Å². The Balaban J connectivity index is 1.88. The Kier molecular flexibility index (Phi) is 2.86. The van der Waals surface area contributed by atoms with Crippen LogP contribution in [0, 0.1) is 12.7 Å². The summed E-state index contributed by atoms with van der Waals surface area (Å²) in [5.74, 6) is -0.678. The minimum atomic E-state index is -0.341. The quantitative estimate of drug-likeness (QED) is 0.747. The lowest BCUT2D eigenvalue weighted by molar-refractivity contribution is 0.102. The first-order valence-corrected chi connectivity index (χ1v) is 5.87. The summed E-state index contributed by atoms with van der Waals surface area (Å²) in [5, 5.41) is 12.8. The van der Waals surface area contributed by atoms with Gasteiger partial charge in [-0.05, 0) is 36.8 Å². The molecule has 3 rings (SSSR count). The van der Waals surface area contributed by atoms with E-state index >= 15 is 0 Å². The summed E-state index contributed by atoms with van der Waals surface area (Å²) in [4.78, 5) is 16.1. The third-order valence-electron chi connectivity index (χ3n) is 2.87. The van der Waals surface area contributed by atoms with E-state index in [1.54, 1.807) is 13.0 Å². The van der Waals surface area contributed by atoms with E-state index < -0.39 is 0 Å². The first-order chi connectivity index (χ1) is 9.63. The maximum atomic E-state index is 13.0. The molecule has 100 valence electrons. The van der Waals surface area contributed by atoms with Gasteiger partial charge in [0.2, 0.25) is 5.65 Å². The van der Waals surface area contributed by atoms with Gasteiger partial charge in [-0.15, -0.1) is 5.10 Å². The number of fused-ring (bicyclic) bond motifs is 1. The largest absolute Gasteiger partial charge is 0.322 e. The van der Waals surface area contributed by atoms with E-state index in [2.05, 4.69) is 25.7 Å². The lowest BCUT2D eigenvalue weighted by atomic mass is 10.2. The highest BCUT2D eigenvalue weighted by molar-refractivity contribution is 6.05. The van der Waals surface area contributed by atoms with Crippen LogP contribution in [0.15, 0.2) is 30.5 Å². The van der Waals surface area contributed by atoms with Crippen molar-refractivity contribution in [3.8, 4) is 0 Å². The fourth-order valence-corrected chi connectivity index (χ4v) is 1.83. The number of aryl methyl sites for hydroxylation is 1. The Hall–Kier alpha value is -2.83. The normalized spacial score (nSPS) is 10.7. The van der Waals surface area contributed by atoms with Crippen molar-refractivity contribution in [2.75, 3.05) is 5.32 Å². The number of nitrogens with zero attached hydrogens (tertiary/aromatic N) is 3. The van der Waals surface area contributed by atoms with Crippen molar-refractivity contribution in [1.29, 1.82) is 0 Å². The molecular formula is C13H10FN5O. The second kappa shape index (κ2) is 4.69. The number of aromatic nitrogens is 4. The SMILES string of the molecule is Cc1cc(F)ccc1NC(=O)c1cnc2n[nH]nc2c1. The monoisotopic (exact) mass is 271 g/mol. The van der Waals surface area contributed by atoms with Crippen LogP contribution in [0.2, 0.25) is 0 Å². The van der Waals surface area contributed by atoms with E-state index in [1.165, 1.54) is 24.4 Å². The van der Waals surface area contributed by atoms with Crippen LogP contribution in [0.1, 0.15) is 15.9 Å². The molecule has 0 aliphatic rings. The first-order valence-electron chi connectivity index (χ1n) is 5.87. The number of hydrogen-bond donors (Lipinski definition) is 2. The fraction of sp³-hybridized carbons (Fsp3) is 0.0769. The number of pyridine rings is 1. The summed E-state index contributed by atoms with van der Waals surface area (Å²) in [5.41, 5.74) is 2.51. The molecule has 0 radical (unpaired) electrons.